The molecule has 1 atom stereocenters. The van der Waals surface area contributed by atoms with Crippen molar-refractivity contribution in [1.82, 2.24) is 20.1 Å². The fourth-order valence-corrected chi connectivity index (χ4v) is 3.10. The van der Waals surface area contributed by atoms with Crippen molar-refractivity contribution in [2.75, 3.05) is 13.1 Å². The van der Waals surface area contributed by atoms with Crippen LogP contribution in [0, 0.1) is 0 Å². The minimum Gasteiger partial charge on any atom is -0.338 e. The van der Waals surface area contributed by atoms with Gasteiger partial charge < -0.3 is 4.90 Å². The van der Waals surface area contributed by atoms with Crippen LogP contribution in [-0.4, -0.2) is 39.1 Å². The van der Waals surface area contributed by atoms with Crippen LogP contribution in [0.4, 0.5) is 0 Å². The maximum absolute atomic E-state index is 12.7. The molecule has 0 saturated carbocycles. The maximum Gasteiger partial charge on any atom is 0.253 e. The van der Waals surface area contributed by atoms with Gasteiger partial charge in [0.05, 0.1) is 0 Å². The number of aromatic nitrogens is 3. The van der Waals surface area contributed by atoms with Crippen LogP contribution in [0.25, 0.3) is 0 Å². The van der Waals surface area contributed by atoms with Crippen molar-refractivity contribution < 1.29 is 4.79 Å². The number of nitrogens with zero attached hydrogens (tertiary/aromatic N) is 3. The molecule has 0 unspecified atom stereocenters. The summed E-state index contributed by atoms with van der Waals surface area (Å²) in [6.45, 7) is 3.71. The molecule has 0 spiro atoms. The second kappa shape index (κ2) is 6.73. The second-order valence-corrected chi connectivity index (χ2v) is 5.89. The molecule has 0 bridgehead atoms. The van der Waals surface area contributed by atoms with E-state index in [-0.39, 0.29) is 5.91 Å². The van der Waals surface area contributed by atoms with E-state index in [0.717, 1.165) is 55.7 Å². The second-order valence-electron chi connectivity index (χ2n) is 5.89. The summed E-state index contributed by atoms with van der Waals surface area (Å²) in [6.07, 6.45) is 7.60. The van der Waals surface area contributed by atoms with Gasteiger partial charge in [0.15, 0.2) is 0 Å². The largest absolute Gasteiger partial charge is 0.338 e. The maximum atomic E-state index is 12.7. The fourth-order valence-electron chi connectivity index (χ4n) is 3.10. The molecule has 0 aliphatic carbocycles. The molecule has 22 heavy (non-hydrogen) atoms. The highest BCUT2D eigenvalue weighted by Crippen LogP contribution is 2.26. The van der Waals surface area contributed by atoms with Gasteiger partial charge in [0.25, 0.3) is 5.91 Å². The van der Waals surface area contributed by atoms with Crippen molar-refractivity contribution in [2.45, 2.75) is 38.5 Å². The molecule has 3 heterocycles. The van der Waals surface area contributed by atoms with Crippen LogP contribution in [-0.2, 0) is 6.42 Å². The molecule has 1 aliphatic rings. The van der Waals surface area contributed by atoms with E-state index in [0.29, 0.717) is 5.92 Å². The summed E-state index contributed by atoms with van der Waals surface area (Å²) in [5, 5.41) is 7.05. The van der Waals surface area contributed by atoms with Crippen LogP contribution in [0.15, 0.2) is 30.6 Å². The van der Waals surface area contributed by atoms with Crippen LogP contribution in [0.2, 0.25) is 0 Å². The highest BCUT2D eigenvalue weighted by molar-refractivity contribution is 5.94. The van der Waals surface area contributed by atoms with Gasteiger partial charge in [0, 0.05) is 48.4 Å². The number of carbonyl (C=O) groups excluding carboxylic acids is 1. The molecular weight excluding hydrogens is 276 g/mol. The minimum absolute atomic E-state index is 0.115. The van der Waals surface area contributed by atoms with E-state index in [1.165, 1.54) is 0 Å². The van der Waals surface area contributed by atoms with Gasteiger partial charge in [-0.3, -0.25) is 14.9 Å². The van der Waals surface area contributed by atoms with E-state index in [2.05, 4.69) is 22.1 Å². The Balaban J connectivity index is 1.72. The minimum atomic E-state index is 0.115. The monoisotopic (exact) mass is 298 g/mol. The van der Waals surface area contributed by atoms with E-state index in [1.807, 2.05) is 23.1 Å². The lowest BCUT2D eigenvalue weighted by atomic mass is 9.94. The third kappa shape index (κ3) is 3.18. The Morgan fingerprint density at radius 1 is 1.41 bits per heavy atom. The SMILES string of the molecule is CCCc1cc(C(=O)N2CCC[C@@H](c3ccn[nH]3)C2)ccn1. The number of likely N-dealkylation sites (tertiary alicyclic amines) is 1. The lowest BCUT2D eigenvalue weighted by Crippen LogP contribution is -2.39. The van der Waals surface area contributed by atoms with Crippen LogP contribution in [0.5, 0.6) is 0 Å². The standard InChI is InChI=1S/C17H22N4O/c1-2-4-15-11-13(6-8-18-15)17(22)21-10-3-5-14(12-21)16-7-9-19-20-16/h6-9,11,14H,2-5,10,12H2,1H3,(H,19,20)/t14-/m1/s1. The summed E-state index contributed by atoms with van der Waals surface area (Å²) >= 11 is 0. The number of piperidine rings is 1. The first kappa shape index (κ1) is 14.8. The zero-order chi connectivity index (χ0) is 15.4. The van der Waals surface area contributed by atoms with Crippen molar-refractivity contribution in [3.63, 3.8) is 0 Å². The van der Waals surface area contributed by atoms with Crippen molar-refractivity contribution in [1.29, 1.82) is 0 Å². The Kier molecular flexibility index (Phi) is 4.51. The highest BCUT2D eigenvalue weighted by Gasteiger charge is 2.26. The quantitative estimate of drug-likeness (QED) is 0.944. The first-order valence-electron chi connectivity index (χ1n) is 8.01. The first-order chi connectivity index (χ1) is 10.8. The van der Waals surface area contributed by atoms with Gasteiger partial charge in [0.2, 0.25) is 0 Å². The van der Waals surface area contributed by atoms with E-state index in [9.17, 15) is 4.79 Å². The molecule has 1 amide bonds. The molecule has 5 nitrogen and oxygen atoms in total. The zero-order valence-electron chi connectivity index (χ0n) is 13.0. The molecule has 3 rings (SSSR count). The van der Waals surface area contributed by atoms with Gasteiger partial charge >= 0.3 is 0 Å². The molecule has 0 aromatic carbocycles. The number of hydrogen-bond donors (Lipinski definition) is 1. The number of amides is 1. The normalized spacial score (nSPS) is 18.4. The number of pyridine rings is 1. The summed E-state index contributed by atoms with van der Waals surface area (Å²) in [7, 11) is 0. The Bertz CT molecular complexity index is 623. The van der Waals surface area contributed by atoms with Crippen LogP contribution in [0.1, 0.15) is 53.8 Å². The van der Waals surface area contributed by atoms with Gasteiger partial charge in [-0.15, -0.1) is 0 Å². The molecule has 5 heteroatoms. The number of rotatable bonds is 4. The van der Waals surface area contributed by atoms with E-state index < -0.39 is 0 Å². The number of aryl methyl sites for hydroxylation is 1. The molecule has 1 saturated heterocycles. The van der Waals surface area contributed by atoms with Crippen molar-refractivity contribution >= 4 is 5.91 Å². The Morgan fingerprint density at radius 3 is 3.09 bits per heavy atom. The van der Waals surface area contributed by atoms with Crippen LogP contribution < -0.4 is 0 Å². The summed E-state index contributed by atoms with van der Waals surface area (Å²) < 4.78 is 0. The first-order valence-corrected chi connectivity index (χ1v) is 8.01. The topological polar surface area (TPSA) is 61.9 Å². The van der Waals surface area contributed by atoms with E-state index >= 15 is 0 Å². The zero-order valence-corrected chi connectivity index (χ0v) is 13.0. The van der Waals surface area contributed by atoms with Gasteiger partial charge in [-0.05, 0) is 37.5 Å². The van der Waals surface area contributed by atoms with Gasteiger partial charge in [0.1, 0.15) is 0 Å². The molecular formula is C17H22N4O. The highest BCUT2D eigenvalue weighted by atomic mass is 16.2. The van der Waals surface area contributed by atoms with E-state index in [1.54, 1.807) is 12.4 Å². The summed E-state index contributed by atoms with van der Waals surface area (Å²) in [4.78, 5) is 19.0. The van der Waals surface area contributed by atoms with Gasteiger partial charge in [-0.25, -0.2) is 0 Å². The van der Waals surface area contributed by atoms with Crippen molar-refractivity contribution in [2.24, 2.45) is 0 Å². The molecule has 1 fully saturated rings. The van der Waals surface area contributed by atoms with Gasteiger partial charge in [-0.1, -0.05) is 13.3 Å². The summed E-state index contributed by atoms with van der Waals surface area (Å²) in [6, 6.07) is 5.76. The van der Waals surface area contributed by atoms with Gasteiger partial charge in [-0.2, -0.15) is 5.10 Å². The Hall–Kier alpha value is -2.17. The summed E-state index contributed by atoms with van der Waals surface area (Å²) in [5.41, 5.74) is 2.87. The fraction of sp³-hybridized carbons (Fsp3) is 0.471. The molecule has 1 aliphatic heterocycles. The Morgan fingerprint density at radius 2 is 2.32 bits per heavy atom. The third-order valence-electron chi connectivity index (χ3n) is 4.24. The van der Waals surface area contributed by atoms with Crippen LogP contribution >= 0.6 is 0 Å². The number of hydrogen-bond acceptors (Lipinski definition) is 3. The molecule has 2 aromatic heterocycles. The lowest BCUT2D eigenvalue weighted by Gasteiger charge is -2.32. The molecule has 1 N–H and O–H groups in total. The average Bonchev–Trinajstić information content (AvgIpc) is 3.09. The van der Waals surface area contributed by atoms with Crippen molar-refractivity contribution in [3.8, 4) is 0 Å². The van der Waals surface area contributed by atoms with Crippen LogP contribution in [0.3, 0.4) is 0 Å². The number of aromatic amines is 1. The molecule has 0 radical (unpaired) electrons. The number of carbonyl (C=O) groups is 1. The van der Waals surface area contributed by atoms with Crippen molar-refractivity contribution in [3.05, 3.63) is 47.5 Å². The molecule has 116 valence electrons. The Labute approximate surface area is 130 Å². The van der Waals surface area contributed by atoms with E-state index in [4.69, 9.17) is 0 Å². The third-order valence-corrected chi connectivity index (χ3v) is 4.24. The smallest absolute Gasteiger partial charge is 0.253 e. The summed E-state index contributed by atoms with van der Waals surface area (Å²) in [5.74, 6) is 0.473. The predicted octanol–water partition coefficient (Wildman–Crippen LogP) is 2.78. The average molecular weight is 298 g/mol. The molecule has 2 aromatic rings. The lowest BCUT2D eigenvalue weighted by molar-refractivity contribution is 0.0705. The number of H-pyrrole nitrogens is 1. The predicted molar refractivity (Wildman–Crippen MR) is 84.7 cm³/mol. The number of nitrogens with one attached hydrogen (secondary N) is 1.